The van der Waals surface area contributed by atoms with Crippen LogP contribution in [0.2, 0.25) is 0 Å². The summed E-state index contributed by atoms with van der Waals surface area (Å²) >= 11 is 0. The first-order chi connectivity index (χ1) is 10.1. The third kappa shape index (κ3) is 3.60. The van der Waals surface area contributed by atoms with Gasteiger partial charge in [0.15, 0.2) is 0 Å². The van der Waals surface area contributed by atoms with E-state index in [1.54, 1.807) is 20.8 Å². The van der Waals surface area contributed by atoms with Crippen LogP contribution in [-0.2, 0) is 9.78 Å². The van der Waals surface area contributed by atoms with E-state index in [0.29, 0.717) is 0 Å². The van der Waals surface area contributed by atoms with Crippen molar-refractivity contribution < 1.29 is 27.7 Å². The van der Waals surface area contributed by atoms with Gasteiger partial charge in [-0.2, -0.15) is 27.8 Å². The molecule has 1 aliphatic rings. The van der Waals surface area contributed by atoms with Crippen LogP contribution in [-0.4, -0.2) is 28.2 Å². The Hall–Kier alpha value is -1.57. The van der Waals surface area contributed by atoms with Crippen molar-refractivity contribution in [3.05, 3.63) is 18.5 Å². The molecule has 22 heavy (non-hydrogen) atoms. The molecule has 124 valence electrons. The molecule has 1 atom stereocenters. The highest BCUT2D eigenvalue weighted by Crippen LogP contribution is 2.61. The fourth-order valence-electron chi connectivity index (χ4n) is 2.11. The summed E-state index contributed by atoms with van der Waals surface area (Å²) in [7, 11) is 0. The van der Waals surface area contributed by atoms with Gasteiger partial charge in [0, 0.05) is 12.4 Å². The van der Waals surface area contributed by atoms with E-state index in [0.717, 1.165) is 4.68 Å². The fraction of sp³-hybridized carbons (Fsp3) is 0.714. The second kappa shape index (κ2) is 5.57. The molecule has 5 nitrogen and oxygen atoms in total. The molecule has 0 bridgehead atoms. The first-order valence-corrected chi connectivity index (χ1v) is 6.99. The summed E-state index contributed by atoms with van der Waals surface area (Å²) in [5.74, 6) is 0. The van der Waals surface area contributed by atoms with Crippen LogP contribution in [0.1, 0.15) is 40.0 Å². The summed E-state index contributed by atoms with van der Waals surface area (Å²) in [5, 5.41) is 3.66. The summed E-state index contributed by atoms with van der Waals surface area (Å²) in [6, 6.07) is 1.52. The van der Waals surface area contributed by atoms with Crippen LogP contribution >= 0.6 is 0 Å². The third-order valence-corrected chi connectivity index (χ3v) is 3.92. The predicted molar refractivity (Wildman–Crippen MR) is 70.8 cm³/mol. The van der Waals surface area contributed by atoms with E-state index >= 15 is 0 Å². The Balaban J connectivity index is 2.01. The zero-order valence-corrected chi connectivity index (χ0v) is 12.7. The lowest BCUT2D eigenvalue weighted by molar-refractivity contribution is -0.306. The molecule has 0 N–H and O–H groups in total. The average Bonchev–Trinajstić information content (AvgIpc) is 2.97. The maximum Gasteiger partial charge on any atom is 0.465 e. The summed E-state index contributed by atoms with van der Waals surface area (Å²) in [5.41, 5.74) is -2.33. The van der Waals surface area contributed by atoms with Crippen LogP contribution in [0.4, 0.5) is 18.0 Å². The topological polar surface area (TPSA) is 53.4 Å². The summed E-state index contributed by atoms with van der Waals surface area (Å²) in [6.45, 7) is 5.23. The molecule has 0 amide bonds. The number of hydrogen-bond acceptors (Lipinski definition) is 4. The van der Waals surface area contributed by atoms with E-state index in [1.165, 1.54) is 18.5 Å². The van der Waals surface area contributed by atoms with Crippen LogP contribution in [0, 0.1) is 10.8 Å². The largest absolute Gasteiger partial charge is 0.465 e. The van der Waals surface area contributed by atoms with Gasteiger partial charge in [0.1, 0.15) is 6.10 Å². The zero-order valence-electron chi connectivity index (χ0n) is 12.7. The molecule has 8 heteroatoms. The molecule has 1 heterocycles. The van der Waals surface area contributed by atoms with Gasteiger partial charge in [-0.25, -0.2) is 4.79 Å². The van der Waals surface area contributed by atoms with E-state index in [4.69, 9.17) is 4.89 Å². The number of nitrogens with zero attached hydrogens (tertiary/aromatic N) is 2. The molecule has 1 unspecified atom stereocenters. The van der Waals surface area contributed by atoms with Crippen LogP contribution < -0.4 is 0 Å². The molecule has 0 saturated heterocycles. The molecule has 1 aromatic rings. The second-order valence-corrected chi connectivity index (χ2v) is 6.73. The van der Waals surface area contributed by atoms with E-state index in [2.05, 4.69) is 9.99 Å². The molecule has 2 rings (SSSR count). The number of alkyl halides is 3. The van der Waals surface area contributed by atoms with Crippen molar-refractivity contribution in [2.45, 2.75) is 52.3 Å². The average molecular weight is 320 g/mol. The quantitative estimate of drug-likeness (QED) is 0.623. The van der Waals surface area contributed by atoms with Crippen LogP contribution in [0.25, 0.3) is 0 Å². The molecule has 0 aromatic carbocycles. The molecule has 0 aliphatic heterocycles. The molecule has 1 saturated carbocycles. The lowest BCUT2D eigenvalue weighted by Crippen LogP contribution is -2.37. The van der Waals surface area contributed by atoms with Crippen LogP contribution in [0.15, 0.2) is 18.5 Å². The fourth-order valence-corrected chi connectivity index (χ4v) is 2.11. The van der Waals surface area contributed by atoms with Crippen molar-refractivity contribution in [1.29, 1.82) is 0 Å². The Morgan fingerprint density at radius 3 is 2.41 bits per heavy atom. The number of halogens is 3. The summed E-state index contributed by atoms with van der Waals surface area (Å²) in [4.78, 5) is 21.4. The Labute approximate surface area is 126 Å². The number of carbonyl (C=O) groups is 1. The molecular formula is C14H19F3N2O3. The molecule has 1 aromatic heterocycles. The van der Waals surface area contributed by atoms with Gasteiger partial charge in [-0.3, -0.25) is 4.89 Å². The van der Waals surface area contributed by atoms with Crippen molar-refractivity contribution in [1.82, 2.24) is 9.78 Å². The van der Waals surface area contributed by atoms with E-state index in [9.17, 15) is 18.0 Å². The molecule has 0 radical (unpaired) electrons. The van der Waals surface area contributed by atoms with E-state index in [-0.39, 0.29) is 19.3 Å². The van der Waals surface area contributed by atoms with E-state index in [1.807, 2.05) is 0 Å². The van der Waals surface area contributed by atoms with Gasteiger partial charge in [0.05, 0.1) is 5.41 Å². The number of carbonyl (C=O) groups excluding carboxylic acids is 1. The highest BCUT2D eigenvalue weighted by Gasteiger charge is 2.64. The van der Waals surface area contributed by atoms with Crippen molar-refractivity contribution in [3.8, 4) is 0 Å². The monoisotopic (exact) mass is 320 g/mol. The van der Waals surface area contributed by atoms with Gasteiger partial charge in [0.2, 0.25) is 0 Å². The van der Waals surface area contributed by atoms with E-state index < -0.39 is 29.2 Å². The van der Waals surface area contributed by atoms with Crippen molar-refractivity contribution in [2.75, 3.05) is 0 Å². The first kappa shape index (κ1) is 16.8. The standard InChI is InChI=1S/C14H19F3N2O3/c1-12(2,3)10(9-13(5-6-13)14(15,16)17)21-22-11(20)19-8-4-7-18-19/h4,7-8,10H,5-6,9H2,1-3H3. The van der Waals surface area contributed by atoms with Gasteiger partial charge >= 0.3 is 12.3 Å². The SMILES string of the molecule is CC(C)(C)C(CC1(C(F)(F)F)CC1)OOC(=O)n1cccn1. The highest BCUT2D eigenvalue weighted by molar-refractivity contribution is 5.68. The van der Waals surface area contributed by atoms with Crippen LogP contribution in [0.5, 0.6) is 0 Å². The normalized spacial score (nSPS) is 18.8. The Kier molecular flexibility index (Phi) is 4.25. The highest BCUT2D eigenvalue weighted by atomic mass is 19.4. The first-order valence-electron chi connectivity index (χ1n) is 6.99. The maximum atomic E-state index is 13.1. The van der Waals surface area contributed by atoms with Crippen LogP contribution in [0.3, 0.4) is 0 Å². The maximum absolute atomic E-state index is 13.1. The zero-order chi connectivity index (χ0) is 16.6. The van der Waals surface area contributed by atoms with Crippen molar-refractivity contribution in [3.63, 3.8) is 0 Å². The van der Waals surface area contributed by atoms with Gasteiger partial charge in [-0.05, 0) is 30.7 Å². The van der Waals surface area contributed by atoms with Gasteiger partial charge < -0.3 is 0 Å². The Bertz CT molecular complexity index is 516. The van der Waals surface area contributed by atoms with Crippen molar-refractivity contribution >= 4 is 6.09 Å². The lowest BCUT2D eigenvalue weighted by atomic mass is 9.82. The third-order valence-electron chi connectivity index (χ3n) is 3.92. The summed E-state index contributed by atoms with van der Waals surface area (Å²) in [6.07, 6.45) is -3.36. The second-order valence-electron chi connectivity index (χ2n) is 6.73. The predicted octanol–water partition coefficient (Wildman–Crippen LogP) is 3.95. The number of hydrogen-bond donors (Lipinski definition) is 0. The minimum atomic E-state index is -4.27. The van der Waals surface area contributed by atoms with Gasteiger partial charge in [-0.15, -0.1) is 0 Å². The van der Waals surface area contributed by atoms with Crippen molar-refractivity contribution in [2.24, 2.45) is 10.8 Å². The molecule has 1 fully saturated rings. The van der Waals surface area contributed by atoms with Gasteiger partial charge in [-0.1, -0.05) is 20.8 Å². The Morgan fingerprint density at radius 2 is 2.00 bits per heavy atom. The Morgan fingerprint density at radius 1 is 1.36 bits per heavy atom. The minimum absolute atomic E-state index is 0.0829. The lowest BCUT2D eigenvalue weighted by Gasteiger charge is -2.32. The smallest absolute Gasteiger partial charge is 0.273 e. The number of rotatable bonds is 4. The number of aromatic nitrogens is 2. The van der Waals surface area contributed by atoms with Gasteiger partial charge in [0.25, 0.3) is 0 Å². The summed E-state index contributed by atoms with van der Waals surface area (Å²) < 4.78 is 40.2. The molecule has 1 aliphatic carbocycles. The minimum Gasteiger partial charge on any atom is -0.273 e. The molecule has 0 spiro atoms. The molecular weight excluding hydrogens is 301 g/mol.